The fourth-order valence-corrected chi connectivity index (χ4v) is 2.60. The minimum atomic E-state index is -0.532. The van der Waals surface area contributed by atoms with Gasteiger partial charge in [0.15, 0.2) is 0 Å². The Labute approximate surface area is 124 Å². The standard InChI is InChI=1S/C13H9N3O4S/c14-5-2-6-15-12(17)11(21-13(15)18)8-9-3-1-4-10(7-9)16(19)20/h1,3-4,7-8H,2,6H2. The molecule has 0 atom stereocenters. The fraction of sp³-hybridized carbons (Fsp3) is 0.154. The number of hydrogen-bond acceptors (Lipinski definition) is 6. The summed E-state index contributed by atoms with van der Waals surface area (Å²) in [4.78, 5) is 35.0. The second kappa shape index (κ2) is 6.19. The molecule has 7 nitrogen and oxygen atoms in total. The Morgan fingerprint density at radius 2 is 2.19 bits per heavy atom. The monoisotopic (exact) mass is 303 g/mol. The van der Waals surface area contributed by atoms with E-state index in [0.29, 0.717) is 5.56 Å². The number of amides is 2. The molecule has 8 heteroatoms. The van der Waals surface area contributed by atoms with E-state index in [9.17, 15) is 19.7 Å². The normalized spacial score (nSPS) is 16.3. The summed E-state index contributed by atoms with van der Waals surface area (Å²) in [6.45, 7) is 0.0491. The molecule has 0 aliphatic carbocycles. The molecule has 0 aromatic heterocycles. The van der Waals surface area contributed by atoms with Gasteiger partial charge in [-0.25, -0.2) is 0 Å². The van der Waals surface area contributed by atoms with Crippen molar-refractivity contribution in [2.75, 3.05) is 6.54 Å². The number of benzene rings is 1. The van der Waals surface area contributed by atoms with E-state index in [1.807, 2.05) is 6.07 Å². The highest BCUT2D eigenvalue weighted by Gasteiger charge is 2.34. The van der Waals surface area contributed by atoms with Crippen LogP contribution in [0.5, 0.6) is 0 Å². The molecule has 0 unspecified atom stereocenters. The van der Waals surface area contributed by atoms with E-state index in [0.717, 1.165) is 16.7 Å². The second-order valence-electron chi connectivity index (χ2n) is 4.09. The number of rotatable bonds is 4. The molecule has 2 amide bonds. The number of nitriles is 1. The van der Waals surface area contributed by atoms with Crippen LogP contribution < -0.4 is 0 Å². The van der Waals surface area contributed by atoms with Gasteiger partial charge in [-0.3, -0.25) is 24.6 Å². The first kappa shape index (κ1) is 14.7. The summed E-state index contributed by atoms with van der Waals surface area (Å²) in [5.74, 6) is -0.480. The molecule has 1 aromatic rings. The maximum absolute atomic E-state index is 12.0. The highest BCUT2D eigenvalue weighted by Crippen LogP contribution is 2.32. The van der Waals surface area contributed by atoms with Crippen molar-refractivity contribution in [1.82, 2.24) is 4.90 Å². The van der Waals surface area contributed by atoms with Crippen molar-refractivity contribution in [3.8, 4) is 6.07 Å². The molecule has 0 spiro atoms. The lowest BCUT2D eigenvalue weighted by Crippen LogP contribution is -2.28. The molecule has 21 heavy (non-hydrogen) atoms. The molecular weight excluding hydrogens is 294 g/mol. The van der Waals surface area contributed by atoms with E-state index in [1.54, 1.807) is 6.07 Å². The van der Waals surface area contributed by atoms with Gasteiger partial charge in [-0.15, -0.1) is 0 Å². The number of thioether (sulfide) groups is 1. The van der Waals surface area contributed by atoms with Crippen LogP contribution in [0, 0.1) is 21.4 Å². The average Bonchev–Trinajstić information content (AvgIpc) is 2.72. The summed E-state index contributed by atoms with van der Waals surface area (Å²) in [6.07, 6.45) is 1.51. The summed E-state index contributed by atoms with van der Waals surface area (Å²) >= 11 is 0.761. The number of imide groups is 1. The van der Waals surface area contributed by atoms with E-state index < -0.39 is 16.1 Å². The first-order valence-corrected chi connectivity index (χ1v) is 6.71. The number of non-ortho nitro benzene ring substituents is 1. The molecular formula is C13H9N3O4S. The topological polar surface area (TPSA) is 104 Å². The van der Waals surface area contributed by atoms with E-state index in [2.05, 4.69) is 0 Å². The predicted molar refractivity (Wildman–Crippen MR) is 76.0 cm³/mol. The number of carbonyl (C=O) groups is 2. The quantitative estimate of drug-likeness (QED) is 0.481. The Morgan fingerprint density at radius 1 is 1.43 bits per heavy atom. The highest BCUT2D eigenvalue weighted by atomic mass is 32.2. The Balaban J connectivity index is 2.24. The number of hydrogen-bond donors (Lipinski definition) is 0. The molecule has 1 saturated heterocycles. The third-order valence-electron chi connectivity index (χ3n) is 2.70. The second-order valence-corrected chi connectivity index (χ2v) is 5.09. The van der Waals surface area contributed by atoms with Crippen LogP contribution in [-0.4, -0.2) is 27.5 Å². The Kier molecular flexibility index (Phi) is 4.35. The van der Waals surface area contributed by atoms with Gasteiger partial charge in [0.05, 0.1) is 22.3 Å². The minimum Gasteiger partial charge on any atom is -0.268 e. The van der Waals surface area contributed by atoms with Crippen molar-refractivity contribution in [3.05, 3.63) is 44.8 Å². The van der Waals surface area contributed by atoms with Gasteiger partial charge in [0.2, 0.25) is 0 Å². The summed E-state index contributed by atoms with van der Waals surface area (Å²) in [6, 6.07) is 7.65. The predicted octanol–water partition coefficient (Wildman–Crippen LogP) is 2.54. The number of nitro benzene ring substituents is 1. The lowest BCUT2D eigenvalue weighted by atomic mass is 10.2. The average molecular weight is 303 g/mol. The van der Waals surface area contributed by atoms with Gasteiger partial charge in [0, 0.05) is 18.7 Å². The zero-order chi connectivity index (χ0) is 15.4. The molecule has 1 heterocycles. The summed E-state index contributed by atoms with van der Waals surface area (Å²) < 4.78 is 0. The van der Waals surface area contributed by atoms with Crippen molar-refractivity contribution >= 4 is 34.7 Å². The SMILES string of the molecule is N#CCCN1C(=O)SC(=Cc2cccc([N+](=O)[O-])c2)C1=O. The molecule has 0 saturated carbocycles. The lowest BCUT2D eigenvalue weighted by Gasteiger charge is -2.08. The van der Waals surface area contributed by atoms with Crippen molar-refractivity contribution < 1.29 is 14.5 Å². The number of carbonyl (C=O) groups excluding carboxylic acids is 2. The van der Waals surface area contributed by atoms with Crippen LogP contribution in [0.2, 0.25) is 0 Å². The van der Waals surface area contributed by atoms with E-state index >= 15 is 0 Å². The Bertz CT molecular complexity index is 693. The van der Waals surface area contributed by atoms with Crippen LogP contribution in [0.4, 0.5) is 10.5 Å². The van der Waals surface area contributed by atoms with Crippen LogP contribution in [0.3, 0.4) is 0 Å². The smallest absolute Gasteiger partial charge is 0.268 e. The van der Waals surface area contributed by atoms with Gasteiger partial charge in [0.25, 0.3) is 16.8 Å². The van der Waals surface area contributed by atoms with E-state index in [1.165, 1.54) is 24.3 Å². The maximum atomic E-state index is 12.0. The van der Waals surface area contributed by atoms with Gasteiger partial charge in [0.1, 0.15) is 0 Å². The fourth-order valence-electron chi connectivity index (χ4n) is 1.73. The van der Waals surface area contributed by atoms with E-state index in [4.69, 9.17) is 5.26 Å². The molecule has 2 rings (SSSR count). The molecule has 0 N–H and O–H groups in total. The zero-order valence-corrected chi connectivity index (χ0v) is 11.5. The van der Waals surface area contributed by atoms with E-state index in [-0.39, 0.29) is 23.6 Å². The van der Waals surface area contributed by atoms with Gasteiger partial charge < -0.3 is 0 Å². The van der Waals surface area contributed by atoms with Crippen LogP contribution in [0.1, 0.15) is 12.0 Å². The van der Waals surface area contributed by atoms with Crippen LogP contribution in [0.15, 0.2) is 29.2 Å². The highest BCUT2D eigenvalue weighted by molar-refractivity contribution is 8.18. The van der Waals surface area contributed by atoms with Crippen LogP contribution in [-0.2, 0) is 4.79 Å². The maximum Gasteiger partial charge on any atom is 0.293 e. The molecule has 0 radical (unpaired) electrons. The first-order valence-electron chi connectivity index (χ1n) is 5.89. The number of nitrogens with zero attached hydrogens (tertiary/aromatic N) is 3. The van der Waals surface area contributed by atoms with Gasteiger partial charge in [-0.2, -0.15) is 5.26 Å². The molecule has 1 aromatic carbocycles. The van der Waals surface area contributed by atoms with Gasteiger partial charge in [-0.05, 0) is 23.4 Å². The minimum absolute atomic E-state index is 0.0491. The third kappa shape index (κ3) is 3.27. The van der Waals surface area contributed by atoms with Crippen molar-refractivity contribution in [2.45, 2.75) is 6.42 Å². The van der Waals surface area contributed by atoms with Crippen LogP contribution >= 0.6 is 11.8 Å². The molecule has 0 bridgehead atoms. The Morgan fingerprint density at radius 3 is 2.86 bits per heavy atom. The van der Waals surface area contributed by atoms with Gasteiger partial charge in [-0.1, -0.05) is 12.1 Å². The summed E-state index contributed by atoms with van der Waals surface area (Å²) in [5.41, 5.74) is 0.377. The van der Waals surface area contributed by atoms with Gasteiger partial charge >= 0.3 is 0 Å². The Hall–Kier alpha value is -2.66. The van der Waals surface area contributed by atoms with Crippen molar-refractivity contribution in [3.63, 3.8) is 0 Å². The van der Waals surface area contributed by atoms with Crippen LogP contribution in [0.25, 0.3) is 6.08 Å². The lowest BCUT2D eigenvalue weighted by molar-refractivity contribution is -0.384. The zero-order valence-electron chi connectivity index (χ0n) is 10.7. The molecule has 106 valence electrons. The summed E-state index contributed by atoms with van der Waals surface area (Å²) in [7, 11) is 0. The van der Waals surface area contributed by atoms with Crippen molar-refractivity contribution in [2.24, 2.45) is 0 Å². The molecule has 1 aliphatic heterocycles. The molecule has 1 fully saturated rings. The number of nitro groups is 1. The largest absolute Gasteiger partial charge is 0.293 e. The van der Waals surface area contributed by atoms with Crippen molar-refractivity contribution in [1.29, 1.82) is 5.26 Å². The first-order chi connectivity index (χ1) is 10.0. The third-order valence-corrected chi connectivity index (χ3v) is 3.61. The summed E-state index contributed by atoms with van der Waals surface area (Å²) in [5, 5.41) is 18.8. The molecule has 1 aliphatic rings.